The second-order valence-corrected chi connectivity index (χ2v) is 4.60. The molecule has 1 fully saturated rings. The lowest BCUT2D eigenvalue weighted by molar-refractivity contribution is -0.0258. The van der Waals surface area contributed by atoms with Gasteiger partial charge in [0.15, 0.2) is 0 Å². The molecule has 2 atom stereocenters. The maximum absolute atomic E-state index is 5.72. The summed E-state index contributed by atoms with van der Waals surface area (Å²) in [5.74, 6) is 0.605. The lowest BCUT2D eigenvalue weighted by atomic mass is 10.1. The van der Waals surface area contributed by atoms with Crippen LogP contribution in [0.5, 0.6) is 0 Å². The van der Waals surface area contributed by atoms with Crippen LogP contribution in [0.1, 0.15) is 18.7 Å². The summed E-state index contributed by atoms with van der Waals surface area (Å²) < 4.78 is 6.82. The molecular weight excluding hydrogens is 277 g/mol. The molecular formula is C11H15BrClNO. The predicted molar refractivity (Wildman–Crippen MR) is 67.2 cm³/mol. The molecule has 1 heterocycles. The van der Waals surface area contributed by atoms with Crippen molar-refractivity contribution in [1.82, 2.24) is 5.32 Å². The van der Waals surface area contributed by atoms with Gasteiger partial charge in [-0.25, -0.2) is 0 Å². The Balaban J connectivity index is 0.00000112. The summed E-state index contributed by atoms with van der Waals surface area (Å²) in [5.41, 5.74) is 1.18. The van der Waals surface area contributed by atoms with Crippen LogP contribution in [-0.4, -0.2) is 13.2 Å². The average Bonchev–Trinajstić information content (AvgIpc) is 2.20. The van der Waals surface area contributed by atoms with Crippen LogP contribution in [0.15, 0.2) is 28.7 Å². The molecule has 0 bridgehead atoms. The Hall–Kier alpha value is -0.0900. The zero-order valence-corrected chi connectivity index (χ0v) is 11.0. The lowest BCUT2D eigenvalue weighted by Gasteiger charge is -2.29. The highest BCUT2D eigenvalue weighted by Crippen LogP contribution is 2.26. The number of hydrogen-bond donors (Lipinski definition) is 1. The third-order valence-corrected chi connectivity index (χ3v) is 3.11. The maximum Gasteiger partial charge on any atom is 0.135 e. The highest BCUT2D eigenvalue weighted by Gasteiger charge is 2.20. The van der Waals surface area contributed by atoms with E-state index in [1.807, 2.05) is 18.2 Å². The van der Waals surface area contributed by atoms with Gasteiger partial charge in [-0.15, -0.1) is 12.4 Å². The molecule has 1 aromatic carbocycles. The van der Waals surface area contributed by atoms with Crippen molar-refractivity contribution >= 4 is 28.3 Å². The van der Waals surface area contributed by atoms with E-state index in [0.717, 1.165) is 17.6 Å². The van der Waals surface area contributed by atoms with E-state index >= 15 is 0 Å². The number of benzene rings is 1. The van der Waals surface area contributed by atoms with Crippen molar-refractivity contribution in [1.29, 1.82) is 0 Å². The number of halogens is 2. The SMILES string of the molecule is CC1CNC(c2ccccc2Br)OC1.Cl. The molecule has 1 aromatic rings. The molecule has 0 saturated carbocycles. The van der Waals surface area contributed by atoms with Crippen LogP contribution in [0.25, 0.3) is 0 Å². The van der Waals surface area contributed by atoms with Gasteiger partial charge in [-0.05, 0) is 12.0 Å². The fourth-order valence-electron chi connectivity index (χ4n) is 1.57. The third kappa shape index (κ3) is 3.18. The Labute approximate surface area is 105 Å². The van der Waals surface area contributed by atoms with Gasteiger partial charge in [-0.1, -0.05) is 41.1 Å². The molecule has 1 aliphatic heterocycles. The molecule has 2 rings (SSSR count). The summed E-state index contributed by atoms with van der Waals surface area (Å²) in [6, 6.07) is 8.17. The van der Waals surface area contributed by atoms with Gasteiger partial charge in [0.1, 0.15) is 6.23 Å². The van der Waals surface area contributed by atoms with Crippen molar-refractivity contribution in [2.75, 3.05) is 13.2 Å². The summed E-state index contributed by atoms with van der Waals surface area (Å²) in [7, 11) is 0. The van der Waals surface area contributed by atoms with Crippen LogP contribution in [0.4, 0.5) is 0 Å². The van der Waals surface area contributed by atoms with E-state index in [1.54, 1.807) is 0 Å². The first-order chi connectivity index (χ1) is 6.77. The quantitative estimate of drug-likeness (QED) is 0.859. The number of rotatable bonds is 1. The molecule has 0 radical (unpaired) electrons. The summed E-state index contributed by atoms with van der Waals surface area (Å²) in [4.78, 5) is 0. The lowest BCUT2D eigenvalue weighted by Crippen LogP contribution is -2.36. The fraction of sp³-hybridized carbons (Fsp3) is 0.455. The molecule has 2 unspecified atom stereocenters. The number of nitrogens with one attached hydrogen (secondary N) is 1. The predicted octanol–water partition coefficient (Wildman–Crippen LogP) is 3.13. The van der Waals surface area contributed by atoms with E-state index in [2.05, 4.69) is 34.2 Å². The molecule has 84 valence electrons. The normalized spacial score (nSPS) is 25.7. The van der Waals surface area contributed by atoms with Gasteiger partial charge >= 0.3 is 0 Å². The van der Waals surface area contributed by atoms with Crippen molar-refractivity contribution in [3.05, 3.63) is 34.3 Å². The Bertz CT molecular complexity index is 313. The molecule has 15 heavy (non-hydrogen) atoms. The largest absolute Gasteiger partial charge is 0.359 e. The van der Waals surface area contributed by atoms with Crippen LogP contribution in [-0.2, 0) is 4.74 Å². The smallest absolute Gasteiger partial charge is 0.135 e. The highest BCUT2D eigenvalue weighted by atomic mass is 79.9. The number of ether oxygens (including phenoxy) is 1. The minimum atomic E-state index is 0. The Morgan fingerprint density at radius 1 is 1.40 bits per heavy atom. The summed E-state index contributed by atoms with van der Waals surface area (Å²) in [6.07, 6.45) is 0.0433. The Kier molecular flexibility index (Phi) is 5.06. The second-order valence-electron chi connectivity index (χ2n) is 3.75. The highest BCUT2D eigenvalue weighted by molar-refractivity contribution is 9.10. The van der Waals surface area contributed by atoms with E-state index in [1.165, 1.54) is 5.56 Å². The van der Waals surface area contributed by atoms with E-state index in [0.29, 0.717) is 5.92 Å². The third-order valence-electron chi connectivity index (χ3n) is 2.39. The van der Waals surface area contributed by atoms with Crippen LogP contribution >= 0.6 is 28.3 Å². The van der Waals surface area contributed by atoms with Gasteiger partial charge in [0.2, 0.25) is 0 Å². The van der Waals surface area contributed by atoms with Crippen LogP contribution in [0, 0.1) is 5.92 Å². The molecule has 4 heteroatoms. The summed E-state index contributed by atoms with van der Waals surface area (Å²) in [6.45, 7) is 4.04. The molecule has 1 saturated heterocycles. The number of hydrogen-bond acceptors (Lipinski definition) is 2. The minimum absolute atomic E-state index is 0. The maximum atomic E-state index is 5.72. The zero-order valence-electron chi connectivity index (χ0n) is 8.57. The van der Waals surface area contributed by atoms with Crippen LogP contribution < -0.4 is 5.32 Å². The van der Waals surface area contributed by atoms with E-state index in [9.17, 15) is 0 Å². The van der Waals surface area contributed by atoms with Crippen LogP contribution in [0.2, 0.25) is 0 Å². The fourth-order valence-corrected chi connectivity index (χ4v) is 2.07. The Morgan fingerprint density at radius 2 is 2.13 bits per heavy atom. The van der Waals surface area contributed by atoms with Crippen molar-refractivity contribution in [2.45, 2.75) is 13.2 Å². The van der Waals surface area contributed by atoms with E-state index in [4.69, 9.17) is 4.74 Å². The van der Waals surface area contributed by atoms with Gasteiger partial charge in [-0.2, -0.15) is 0 Å². The standard InChI is InChI=1S/C11H14BrNO.ClH/c1-8-6-13-11(14-7-8)9-4-2-3-5-10(9)12;/h2-5,8,11,13H,6-7H2,1H3;1H. The molecule has 2 nitrogen and oxygen atoms in total. The summed E-state index contributed by atoms with van der Waals surface area (Å²) >= 11 is 3.53. The Morgan fingerprint density at radius 3 is 2.73 bits per heavy atom. The van der Waals surface area contributed by atoms with Gasteiger partial charge < -0.3 is 4.74 Å². The monoisotopic (exact) mass is 291 g/mol. The molecule has 0 aliphatic carbocycles. The molecule has 1 N–H and O–H groups in total. The van der Waals surface area contributed by atoms with Crippen molar-refractivity contribution < 1.29 is 4.74 Å². The van der Waals surface area contributed by atoms with Crippen molar-refractivity contribution in [2.24, 2.45) is 5.92 Å². The minimum Gasteiger partial charge on any atom is -0.359 e. The van der Waals surface area contributed by atoms with Gasteiger partial charge in [0.05, 0.1) is 6.61 Å². The zero-order chi connectivity index (χ0) is 9.97. The van der Waals surface area contributed by atoms with E-state index in [-0.39, 0.29) is 18.6 Å². The van der Waals surface area contributed by atoms with Gasteiger partial charge in [0, 0.05) is 16.6 Å². The first kappa shape index (κ1) is 13.0. The average molecular weight is 293 g/mol. The molecule has 0 spiro atoms. The van der Waals surface area contributed by atoms with Crippen LogP contribution in [0.3, 0.4) is 0 Å². The van der Waals surface area contributed by atoms with Gasteiger partial charge in [0.25, 0.3) is 0 Å². The first-order valence-corrected chi connectivity index (χ1v) is 5.66. The summed E-state index contributed by atoms with van der Waals surface area (Å²) in [5, 5.41) is 3.37. The molecule has 0 aromatic heterocycles. The van der Waals surface area contributed by atoms with Gasteiger partial charge in [-0.3, -0.25) is 5.32 Å². The van der Waals surface area contributed by atoms with E-state index < -0.39 is 0 Å². The van der Waals surface area contributed by atoms with Crippen molar-refractivity contribution in [3.8, 4) is 0 Å². The molecule has 0 amide bonds. The van der Waals surface area contributed by atoms with Crippen molar-refractivity contribution in [3.63, 3.8) is 0 Å². The second kappa shape index (κ2) is 5.85. The first-order valence-electron chi connectivity index (χ1n) is 4.87. The topological polar surface area (TPSA) is 21.3 Å². The molecule has 1 aliphatic rings.